The first-order valence-electron chi connectivity index (χ1n) is 6.24. The van der Waals surface area contributed by atoms with Crippen LogP contribution in [-0.4, -0.2) is 32.8 Å². The number of carboxylic acid groups (broad SMARTS) is 1. The summed E-state index contributed by atoms with van der Waals surface area (Å²) < 4.78 is 0. The van der Waals surface area contributed by atoms with E-state index in [1.807, 2.05) is 0 Å². The van der Waals surface area contributed by atoms with Crippen molar-refractivity contribution in [1.29, 1.82) is 0 Å². The Balaban J connectivity index is 3.07. The molecule has 0 aliphatic rings. The highest BCUT2D eigenvalue weighted by Crippen LogP contribution is 2.34. The van der Waals surface area contributed by atoms with Gasteiger partial charge in [0.15, 0.2) is 5.60 Å². The number of aliphatic hydroxyl groups excluding tert-OH is 1. The third-order valence-corrected chi connectivity index (χ3v) is 3.10. The number of para-hydroxylation sites is 1. The average molecular weight is 283 g/mol. The number of nitro benzene ring substituents is 1. The second-order valence-electron chi connectivity index (χ2n) is 4.47. The van der Waals surface area contributed by atoms with Gasteiger partial charge in [0.2, 0.25) is 0 Å². The van der Waals surface area contributed by atoms with Crippen molar-refractivity contribution < 1.29 is 25.0 Å². The summed E-state index contributed by atoms with van der Waals surface area (Å²) in [5.41, 5.74) is -2.93. The molecule has 1 aromatic rings. The van der Waals surface area contributed by atoms with Crippen LogP contribution in [0.15, 0.2) is 24.3 Å². The number of hydrogen-bond acceptors (Lipinski definition) is 5. The van der Waals surface area contributed by atoms with Crippen LogP contribution in [0.1, 0.15) is 31.2 Å². The molecule has 1 aromatic carbocycles. The smallest absolute Gasteiger partial charge is 0.340 e. The van der Waals surface area contributed by atoms with Crippen LogP contribution in [-0.2, 0) is 10.4 Å². The number of benzene rings is 1. The molecule has 0 spiro atoms. The van der Waals surface area contributed by atoms with Gasteiger partial charge < -0.3 is 15.3 Å². The number of carbonyl (C=O) groups is 1. The standard InChI is InChI=1S/C13H17NO6/c15-9-5-1-4-8-13(18,12(16)17)10-6-2-3-7-11(10)14(19)20/h2-3,6-7,15,18H,1,4-5,8-9H2,(H,16,17). The molecule has 3 N–H and O–H groups in total. The van der Waals surface area contributed by atoms with Gasteiger partial charge in [0.25, 0.3) is 5.69 Å². The number of nitro groups is 1. The van der Waals surface area contributed by atoms with Crippen LogP contribution in [0.5, 0.6) is 0 Å². The van der Waals surface area contributed by atoms with E-state index >= 15 is 0 Å². The van der Waals surface area contributed by atoms with Gasteiger partial charge in [0.05, 0.1) is 10.5 Å². The maximum atomic E-state index is 11.3. The van der Waals surface area contributed by atoms with E-state index in [4.69, 9.17) is 5.11 Å². The third-order valence-electron chi connectivity index (χ3n) is 3.10. The maximum absolute atomic E-state index is 11.3. The Bertz CT molecular complexity index is 490. The van der Waals surface area contributed by atoms with Crippen molar-refractivity contribution in [3.63, 3.8) is 0 Å². The van der Waals surface area contributed by atoms with E-state index in [9.17, 15) is 25.1 Å². The van der Waals surface area contributed by atoms with Crippen molar-refractivity contribution in [2.24, 2.45) is 0 Å². The quantitative estimate of drug-likeness (QED) is 0.377. The van der Waals surface area contributed by atoms with E-state index in [1.54, 1.807) is 0 Å². The van der Waals surface area contributed by atoms with Gasteiger partial charge >= 0.3 is 5.97 Å². The lowest BCUT2D eigenvalue weighted by molar-refractivity contribution is -0.386. The minimum Gasteiger partial charge on any atom is -0.479 e. The van der Waals surface area contributed by atoms with Crippen molar-refractivity contribution in [3.8, 4) is 0 Å². The van der Waals surface area contributed by atoms with Gasteiger partial charge in [-0.1, -0.05) is 18.6 Å². The second kappa shape index (κ2) is 6.97. The van der Waals surface area contributed by atoms with Crippen LogP contribution in [0.4, 0.5) is 5.69 Å². The fourth-order valence-electron chi connectivity index (χ4n) is 2.01. The molecule has 0 aliphatic heterocycles. The largest absolute Gasteiger partial charge is 0.479 e. The Kier molecular flexibility index (Phi) is 5.60. The van der Waals surface area contributed by atoms with E-state index in [2.05, 4.69) is 0 Å². The van der Waals surface area contributed by atoms with Crippen molar-refractivity contribution >= 4 is 11.7 Å². The molecule has 0 amide bonds. The summed E-state index contributed by atoms with van der Waals surface area (Å²) in [7, 11) is 0. The molecule has 7 heteroatoms. The summed E-state index contributed by atoms with van der Waals surface area (Å²) in [6, 6.07) is 5.27. The Morgan fingerprint density at radius 1 is 1.25 bits per heavy atom. The molecule has 0 aromatic heterocycles. The first-order chi connectivity index (χ1) is 9.43. The zero-order valence-corrected chi connectivity index (χ0v) is 10.9. The highest BCUT2D eigenvalue weighted by atomic mass is 16.6. The van der Waals surface area contributed by atoms with Gasteiger partial charge in [-0.05, 0) is 25.3 Å². The summed E-state index contributed by atoms with van der Waals surface area (Å²) in [4.78, 5) is 21.6. The molecule has 20 heavy (non-hydrogen) atoms. The molecule has 0 heterocycles. The van der Waals surface area contributed by atoms with Crippen LogP contribution in [0.2, 0.25) is 0 Å². The molecule has 1 rings (SSSR count). The zero-order valence-electron chi connectivity index (χ0n) is 10.9. The number of rotatable bonds is 8. The fourth-order valence-corrected chi connectivity index (χ4v) is 2.01. The van der Waals surface area contributed by atoms with Crippen LogP contribution in [0.25, 0.3) is 0 Å². The third kappa shape index (κ3) is 3.52. The van der Waals surface area contributed by atoms with E-state index in [0.29, 0.717) is 19.3 Å². The lowest BCUT2D eigenvalue weighted by Gasteiger charge is -2.23. The molecule has 0 radical (unpaired) electrons. The minimum atomic E-state index is -2.29. The molecule has 0 saturated carbocycles. The van der Waals surface area contributed by atoms with E-state index in [1.165, 1.54) is 18.2 Å². The lowest BCUT2D eigenvalue weighted by atomic mass is 9.87. The van der Waals surface area contributed by atoms with E-state index in [-0.39, 0.29) is 18.6 Å². The lowest BCUT2D eigenvalue weighted by Crippen LogP contribution is -2.36. The first kappa shape index (κ1) is 16.1. The monoisotopic (exact) mass is 283 g/mol. The van der Waals surface area contributed by atoms with E-state index < -0.39 is 22.2 Å². The normalized spacial score (nSPS) is 13.7. The minimum absolute atomic E-state index is 0.0169. The van der Waals surface area contributed by atoms with Crippen LogP contribution in [0, 0.1) is 10.1 Å². The number of aliphatic hydroxyl groups is 2. The second-order valence-corrected chi connectivity index (χ2v) is 4.47. The zero-order chi connectivity index (χ0) is 15.2. The Labute approximate surface area is 115 Å². The predicted octanol–water partition coefficient (Wildman–Crippen LogP) is 1.42. The van der Waals surface area contributed by atoms with Gasteiger partial charge in [0, 0.05) is 12.7 Å². The summed E-state index contributed by atoms with van der Waals surface area (Å²) in [5.74, 6) is -1.52. The predicted molar refractivity (Wildman–Crippen MR) is 70.2 cm³/mol. The topological polar surface area (TPSA) is 121 Å². The number of nitrogens with zero attached hydrogens (tertiary/aromatic N) is 1. The number of carboxylic acids is 1. The van der Waals surface area contributed by atoms with Gasteiger partial charge in [-0.2, -0.15) is 0 Å². The van der Waals surface area contributed by atoms with Gasteiger partial charge in [0.1, 0.15) is 0 Å². The molecule has 110 valence electrons. The first-order valence-corrected chi connectivity index (χ1v) is 6.24. The summed E-state index contributed by atoms with van der Waals surface area (Å²) in [6.07, 6.45) is 1.22. The molecule has 1 atom stereocenters. The summed E-state index contributed by atoms with van der Waals surface area (Å²) in [5, 5.41) is 39.2. The highest BCUT2D eigenvalue weighted by Gasteiger charge is 2.42. The Morgan fingerprint density at radius 2 is 1.90 bits per heavy atom. The molecule has 0 aliphatic carbocycles. The molecule has 0 fully saturated rings. The van der Waals surface area contributed by atoms with Crippen molar-refractivity contribution in [1.82, 2.24) is 0 Å². The number of hydrogen-bond donors (Lipinski definition) is 3. The van der Waals surface area contributed by atoms with Crippen LogP contribution >= 0.6 is 0 Å². The average Bonchev–Trinajstić information content (AvgIpc) is 2.43. The fraction of sp³-hybridized carbons (Fsp3) is 0.462. The van der Waals surface area contributed by atoms with Gasteiger partial charge in [-0.25, -0.2) is 4.79 Å². The molecule has 7 nitrogen and oxygen atoms in total. The maximum Gasteiger partial charge on any atom is 0.340 e. The van der Waals surface area contributed by atoms with Crippen molar-refractivity contribution in [2.75, 3.05) is 6.61 Å². The van der Waals surface area contributed by atoms with Gasteiger partial charge in [-0.3, -0.25) is 10.1 Å². The van der Waals surface area contributed by atoms with Crippen molar-refractivity contribution in [3.05, 3.63) is 39.9 Å². The van der Waals surface area contributed by atoms with Crippen LogP contribution in [0.3, 0.4) is 0 Å². The molecule has 1 unspecified atom stereocenters. The molecular formula is C13H17NO6. The Hall–Kier alpha value is -1.99. The number of unbranched alkanes of at least 4 members (excludes halogenated alkanes) is 2. The van der Waals surface area contributed by atoms with Crippen LogP contribution < -0.4 is 0 Å². The van der Waals surface area contributed by atoms with E-state index in [0.717, 1.165) is 6.07 Å². The SMILES string of the molecule is O=C(O)C(O)(CCCCCO)c1ccccc1[N+](=O)[O-]. The van der Waals surface area contributed by atoms with Crippen molar-refractivity contribution in [2.45, 2.75) is 31.3 Å². The Morgan fingerprint density at radius 3 is 2.45 bits per heavy atom. The summed E-state index contributed by atoms with van der Waals surface area (Å²) >= 11 is 0. The molecule has 0 bridgehead atoms. The van der Waals surface area contributed by atoms with Gasteiger partial charge in [-0.15, -0.1) is 0 Å². The molecule has 0 saturated heterocycles. The molecular weight excluding hydrogens is 266 g/mol. The number of aliphatic carboxylic acids is 1. The highest BCUT2D eigenvalue weighted by molar-refractivity contribution is 5.80. The summed E-state index contributed by atoms with van der Waals surface area (Å²) in [6.45, 7) is -0.0169.